The van der Waals surface area contributed by atoms with Crippen LogP contribution >= 0.6 is 0 Å². The van der Waals surface area contributed by atoms with E-state index >= 15 is 0 Å². The second-order valence-electron chi connectivity index (χ2n) is 10.1. The van der Waals surface area contributed by atoms with Crippen molar-refractivity contribution >= 4 is 6.09 Å². The van der Waals surface area contributed by atoms with Gasteiger partial charge in [-0.1, -0.05) is 50.2 Å². The number of piperidine rings is 3. The van der Waals surface area contributed by atoms with E-state index in [4.69, 9.17) is 9.47 Å². The average molecular weight is 435 g/mol. The summed E-state index contributed by atoms with van der Waals surface area (Å²) >= 11 is 0. The molecule has 0 saturated carbocycles. The van der Waals surface area contributed by atoms with Gasteiger partial charge in [0.25, 0.3) is 0 Å². The van der Waals surface area contributed by atoms with Crippen molar-refractivity contribution in [1.82, 2.24) is 10.2 Å². The molecule has 4 heterocycles. The summed E-state index contributed by atoms with van der Waals surface area (Å²) in [5, 5.41) is 3.18. The summed E-state index contributed by atoms with van der Waals surface area (Å²) < 4.78 is 11.9. The van der Waals surface area contributed by atoms with E-state index in [2.05, 4.69) is 73.5 Å². The zero-order chi connectivity index (χ0) is 22.3. The molecule has 5 nitrogen and oxygen atoms in total. The summed E-state index contributed by atoms with van der Waals surface area (Å²) in [5.41, 5.74) is 4.15. The summed E-state index contributed by atoms with van der Waals surface area (Å²) in [4.78, 5) is 15.3. The Morgan fingerprint density at radius 1 is 1.16 bits per heavy atom. The van der Waals surface area contributed by atoms with Gasteiger partial charge in [-0.15, -0.1) is 0 Å². The summed E-state index contributed by atoms with van der Waals surface area (Å²) in [7, 11) is 0. The lowest BCUT2D eigenvalue weighted by atomic mass is 9.85. The molecule has 2 aromatic rings. The number of nitrogens with zero attached hydrogens (tertiary/aromatic N) is 1. The Balaban J connectivity index is 1.33. The van der Waals surface area contributed by atoms with Crippen LogP contribution in [0.4, 0.5) is 4.79 Å². The standard InChI is InChI=1S/C27H34N2O3/c1-18(2)20-5-4-6-21(15-20)22-7-8-23-24(16-22)31-14-11-27(23,3)28-26(30)32-25-17-29-12-9-19(25)10-13-29/h4-8,15-16,18-19,25H,9-14,17H2,1-3H3,(H,28,30)/t25-,27?/m1/s1. The highest BCUT2D eigenvalue weighted by Crippen LogP contribution is 2.40. The molecule has 5 heteroatoms. The maximum absolute atomic E-state index is 12.9. The Hall–Kier alpha value is -2.53. The number of amides is 1. The van der Waals surface area contributed by atoms with E-state index in [1.165, 1.54) is 11.1 Å². The first kappa shape index (κ1) is 21.3. The minimum Gasteiger partial charge on any atom is -0.493 e. The molecule has 1 amide bonds. The highest BCUT2D eigenvalue weighted by atomic mass is 16.6. The lowest BCUT2D eigenvalue weighted by Gasteiger charge is -2.44. The topological polar surface area (TPSA) is 50.8 Å². The molecule has 170 valence electrons. The quantitative estimate of drug-likeness (QED) is 0.710. The summed E-state index contributed by atoms with van der Waals surface area (Å²) in [6, 6.07) is 15.0. The lowest BCUT2D eigenvalue weighted by Crippen LogP contribution is -2.54. The van der Waals surface area contributed by atoms with E-state index in [0.717, 1.165) is 55.8 Å². The molecule has 2 atom stereocenters. The number of hydrogen-bond donors (Lipinski definition) is 1. The Kier molecular flexibility index (Phi) is 5.62. The van der Waals surface area contributed by atoms with Crippen LogP contribution in [0.1, 0.15) is 57.1 Å². The van der Waals surface area contributed by atoms with Gasteiger partial charge in [-0.05, 0) is 67.4 Å². The van der Waals surface area contributed by atoms with Crippen LogP contribution in [0, 0.1) is 5.92 Å². The first-order valence-electron chi connectivity index (χ1n) is 12.0. The molecule has 0 aliphatic carbocycles. The van der Waals surface area contributed by atoms with Crippen LogP contribution in [0.5, 0.6) is 5.75 Å². The van der Waals surface area contributed by atoms with E-state index in [-0.39, 0.29) is 12.2 Å². The molecule has 3 saturated heterocycles. The van der Waals surface area contributed by atoms with Crippen molar-refractivity contribution in [2.24, 2.45) is 5.92 Å². The number of hydrogen-bond acceptors (Lipinski definition) is 4. The van der Waals surface area contributed by atoms with Gasteiger partial charge in [0.15, 0.2) is 0 Å². The molecule has 1 N–H and O–H groups in total. The monoisotopic (exact) mass is 434 g/mol. The third kappa shape index (κ3) is 4.11. The Labute approximate surface area is 191 Å². The summed E-state index contributed by atoms with van der Waals surface area (Å²) in [6.45, 7) is 10.2. The normalized spacial score (nSPS) is 28.7. The first-order chi connectivity index (χ1) is 15.4. The molecular formula is C27H34N2O3. The number of nitrogens with one attached hydrogen (secondary N) is 1. The van der Waals surface area contributed by atoms with Crippen molar-refractivity contribution in [1.29, 1.82) is 0 Å². The molecule has 4 aliphatic heterocycles. The van der Waals surface area contributed by atoms with Gasteiger partial charge in [0.05, 0.1) is 12.1 Å². The van der Waals surface area contributed by atoms with Gasteiger partial charge in [-0.2, -0.15) is 0 Å². The van der Waals surface area contributed by atoms with Gasteiger partial charge in [-0.25, -0.2) is 4.79 Å². The van der Waals surface area contributed by atoms with E-state index < -0.39 is 5.54 Å². The molecule has 3 fully saturated rings. The van der Waals surface area contributed by atoms with E-state index in [1.807, 2.05) is 0 Å². The van der Waals surface area contributed by atoms with E-state index in [9.17, 15) is 4.79 Å². The Bertz CT molecular complexity index is 996. The summed E-state index contributed by atoms with van der Waals surface area (Å²) in [6.07, 6.45) is 2.68. The largest absolute Gasteiger partial charge is 0.493 e. The van der Waals surface area contributed by atoms with Gasteiger partial charge < -0.3 is 14.8 Å². The lowest BCUT2D eigenvalue weighted by molar-refractivity contribution is -0.0358. The van der Waals surface area contributed by atoms with Crippen molar-refractivity contribution in [3.05, 3.63) is 53.6 Å². The number of rotatable bonds is 4. The minimum absolute atomic E-state index is 0.0102. The van der Waals surface area contributed by atoms with Crippen molar-refractivity contribution in [3.8, 4) is 16.9 Å². The van der Waals surface area contributed by atoms with Crippen LogP contribution in [-0.4, -0.2) is 43.3 Å². The third-order valence-electron chi connectivity index (χ3n) is 7.55. The van der Waals surface area contributed by atoms with Gasteiger partial charge in [0.2, 0.25) is 0 Å². The first-order valence-corrected chi connectivity index (χ1v) is 12.0. The minimum atomic E-state index is -0.503. The van der Waals surface area contributed by atoms with Crippen molar-refractivity contribution in [2.45, 2.75) is 57.6 Å². The highest BCUT2D eigenvalue weighted by Gasteiger charge is 2.39. The van der Waals surface area contributed by atoms with Gasteiger partial charge in [0.1, 0.15) is 11.9 Å². The van der Waals surface area contributed by atoms with Gasteiger partial charge >= 0.3 is 6.09 Å². The number of carbonyl (C=O) groups is 1. The summed E-state index contributed by atoms with van der Waals surface area (Å²) in [5.74, 6) is 1.83. The zero-order valence-corrected chi connectivity index (χ0v) is 19.4. The van der Waals surface area contributed by atoms with Gasteiger partial charge in [-0.3, -0.25) is 4.90 Å². The predicted octanol–water partition coefficient (Wildman–Crippen LogP) is 5.30. The van der Waals surface area contributed by atoms with Crippen LogP contribution in [0.25, 0.3) is 11.1 Å². The molecule has 0 spiro atoms. The fourth-order valence-corrected chi connectivity index (χ4v) is 5.42. The fraction of sp³-hybridized carbons (Fsp3) is 0.519. The van der Waals surface area contributed by atoms with Crippen LogP contribution in [0.3, 0.4) is 0 Å². The van der Waals surface area contributed by atoms with E-state index in [1.54, 1.807) is 0 Å². The number of benzene rings is 2. The smallest absolute Gasteiger partial charge is 0.408 e. The third-order valence-corrected chi connectivity index (χ3v) is 7.55. The Morgan fingerprint density at radius 2 is 1.94 bits per heavy atom. The molecule has 0 radical (unpaired) electrons. The second-order valence-corrected chi connectivity index (χ2v) is 10.1. The van der Waals surface area contributed by atoms with Crippen LogP contribution < -0.4 is 10.1 Å². The van der Waals surface area contributed by atoms with Crippen molar-refractivity contribution in [2.75, 3.05) is 26.2 Å². The SMILES string of the molecule is CC(C)c1cccc(-c2ccc3c(c2)OCCC3(C)NC(=O)O[C@@H]2CN3CCC2CC3)c1. The molecule has 0 aromatic heterocycles. The average Bonchev–Trinajstić information content (AvgIpc) is 2.79. The van der Waals surface area contributed by atoms with Gasteiger partial charge in [0, 0.05) is 18.5 Å². The predicted molar refractivity (Wildman–Crippen MR) is 126 cm³/mol. The van der Waals surface area contributed by atoms with Crippen molar-refractivity contribution < 1.29 is 14.3 Å². The fourth-order valence-electron chi connectivity index (χ4n) is 5.42. The maximum atomic E-state index is 12.9. The maximum Gasteiger partial charge on any atom is 0.408 e. The van der Waals surface area contributed by atoms with Crippen LogP contribution in [0.15, 0.2) is 42.5 Å². The molecule has 2 bridgehead atoms. The van der Waals surface area contributed by atoms with Crippen molar-refractivity contribution in [3.63, 3.8) is 0 Å². The molecule has 32 heavy (non-hydrogen) atoms. The number of ether oxygens (including phenoxy) is 2. The number of fused-ring (bicyclic) bond motifs is 4. The van der Waals surface area contributed by atoms with Crippen LogP contribution in [0.2, 0.25) is 0 Å². The Morgan fingerprint density at radius 3 is 2.66 bits per heavy atom. The van der Waals surface area contributed by atoms with Crippen LogP contribution in [-0.2, 0) is 10.3 Å². The molecular weight excluding hydrogens is 400 g/mol. The van der Waals surface area contributed by atoms with E-state index in [0.29, 0.717) is 18.4 Å². The molecule has 1 unspecified atom stereocenters. The highest BCUT2D eigenvalue weighted by molar-refractivity contribution is 5.71. The number of carbonyl (C=O) groups excluding carboxylic acids is 1. The number of alkyl carbamates (subject to hydrolysis) is 1. The zero-order valence-electron chi connectivity index (χ0n) is 19.4. The second kappa shape index (κ2) is 8.43. The molecule has 2 aromatic carbocycles. The molecule has 6 rings (SSSR count). The molecule has 4 aliphatic rings.